The molecule has 1 unspecified atom stereocenters. The molecule has 1 aromatic carbocycles. The number of nitrogens with zero attached hydrogens (tertiary/aromatic N) is 2. The van der Waals surface area contributed by atoms with E-state index in [1.807, 2.05) is 6.07 Å². The third kappa shape index (κ3) is 2.86. The lowest BCUT2D eigenvalue weighted by atomic mass is 9.83. The Kier molecular flexibility index (Phi) is 4.58. The standard InChI is InChI=1S/C17H14F2N4O3/c1-2-25-12(24)6-11-15-13(14-9(18)4-3-5-10(14)19)8(7-20)16(21)26-17(15)23-22-11/h3-5,13H,2,6,21H2,1H3,(H,22,23). The number of aromatic nitrogens is 2. The normalized spacial score (nSPS) is 15.8. The van der Waals surface area contributed by atoms with Crippen molar-refractivity contribution >= 4 is 5.97 Å². The van der Waals surface area contributed by atoms with Gasteiger partial charge in [0.15, 0.2) is 0 Å². The fourth-order valence-corrected chi connectivity index (χ4v) is 2.87. The highest BCUT2D eigenvalue weighted by Crippen LogP contribution is 2.44. The van der Waals surface area contributed by atoms with Crippen molar-refractivity contribution in [3.05, 3.63) is 58.1 Å². The molecule has 26 heavy (non-hydrogen) atoms. The van der Waals surface area contributed by atoms with Gasteiger partial charge in [-0.1, -0.05) is 6.07 Å². The molecule has 1 atom stereocenters. The second-order valence-electron chi connectivity index (χ2n) is 5.46. The molecule has 2 heterocycles. The van der Waals surface area contributed by atoms with Crippen LogP contribution in [0.1, 0.15) is 29.7 Å². The molecule has 3 N–H and O–H groups in total. The van der Waals surface area contributed by atoms with Crippen LogP contribution < -0.4 is 10.5 Å². The number of allylic oxidation sites excluding steroid dienone is 1. The van der Waals surface area contributed by atoms with Crippen LogP contribution in [-0.4, -0.2) is 22.8 Å². The molecule has 7 nitrogen and oxygen atoms in total. The van der Waals surface area contributed by atoms with Crippen molar-refractivity contribution in [2.75, 3.05) is 6.61 Å². The minimum atomic E-state index is -1.20. The zero-order valence-electron chi connectivity index (χ0n) is 13.7. The number of H-pyrrole nitrogens is 1. The topological polar surface area (TPSA) is 114 Å². The van der Waals surface area contributed by atoms with Gasteiger partial charge in [0, 0.05) is 5.56 Å². The first-order valence-electron chi connectivity index (χ1n) is 7.72. The number of aromatic amines is 1. The molecule has 0 amide bonds. The first-order chi connectivity index (χ1) is 12.5. The van der Waals surface area contributed by atoms with Crippen LogP contribution in [0, 0.1) is 23.0 Å². The third-order valence-corrected chi connectivity index (χ3v) is 3.93. The monoisotopic (exact) mass is 360 g/mol. The predicted octanol–water partition coefficient (Wildman–Crippen LogP) is 2.01. The molecule has 0 fully saturated rings. The van der Waals surface area contributed by atoms with E-state index in [2.05, 4.69) is 10.2 Å². The Bertz CT molecular complexity index is 926. The van der Waals surface area contributed by atoms with Gasteiger partial charge in [-0.3, -0.25) is 9.89 Å². The summed E-state index contributed by atoms with van der Waals surface area (Å²) in [5, 5.41) is 16.0. The Labute approximate surface area is 147 Å². The molecule has 0 saturated carbocycles. The summed E-state index contributed by atoms with van der Waals surface area (Å²) in [6.07, 6.45) is -0.231. The van der Waals surface area contributed by atoms with Crippen LogP contribution in [0.4, 0.5) is 8.78 Å². The number of carbonyl (C=O) groups excluding carboxylic acids is 1. The summed E-state index contributed by atoms with van der Waals surface area (Å²) in [4.78, 5) is 11.8. The van der Waals surface area contributed by atoms with Gasteiger partial charge in [0.25, 0.3) is 0 Å². The summed E-state index contributed by atoms with van der Waals surface area (Å²) in [6.45, 7) is 1.82. The van der Waals surface area contributed by atoms with Crippen molar-refractivity contribution in [2.45, 2.75) is 19.3 Å². The van der Waals surface area contributed by atoms with E-state index in [0.717, 1.165) is 12.1 Å². The molecular weight excluding hydrogens is 346 g/mol. The van der Waals surface area contributed by atoms with Gasteiger partial charge in [-0.2, -0.15) is 5.26 Å². The summed E-state index contributed by atoms with van der Waals surface area (Å²) in [7, 11) is 0. The molecule has 3 rings (SSSR count). The molecule has 134 valence electrons. The average molecular weight is 360 g/mol. The van der Waals surface area contributed by atoms with Crippen LogP contribution in [0.3, 0.4) is 0 Å². The maximum absolute atomic E-state index is 14.4. The number of nitriles is 1. The fourth-order valence-electron chi connectivity index (χ4n) is 2.87. The highest BCUT2D eigenvalue weighted by Gasteiger charge is 2.38. The lowest BCUT2D eigenvalue weighted by molar-refractivity contribution is -0.142. The molecule has 0 aliphatic carbocycles. The second kappa shape index (κ2) is 6.84. The van der Waals surface area contributed by atoms with Gasteiger partial charge in [0.1, 0.15) is 23.3 Å². The third-order valence-electron chi connectivity index (χ3n) is 3.93. The minimum Gasteiger partial charge on any atom is -0.466 e. The second-order valence-corrected chi connectivity index (χ2v) is 5.46. The van der Waals surface area contributed by atoms with Gasteiger partial charge >= 0.3 is 5.97 Å². The Hall–Kier alpha value is -3.41. The Morgan fingerprint density at radius 2 is 2.12 bits per heavy atom. The molecular formula is C17H14F2N4O3. The highest BCUT2D eigenvalue weighted by molar-refractivity contribution is 5.73. The molecule has 0 saturated heterocycles. The Balaban J connectivity index is 2.19. The van der Waals surface area contributed by atoms with Crippen LogP contribution >= 0.6 is 0 Å². The smallest absolute Gasteiger partial charge is 0.311 e. The number of benzene rings is 1. The molecule has 0 bridgehead atoms. The van der Waals surface area contributed by atoms with E-state index < -0.39 is 23.5 Å². The van der Waals surface area contributed by atoms with E-state index in [9.17, 15) is 18.8 Å². The van der Waals surface area contributed by atoms with Crippen molar-refractivity contribution < 1.29 is 23.0 Å². The summed E-state index contributed by atoms with van der Waals surface area (Å²) in [5.74, 6) is -3.82. The molecule has 2 aromatic rings. The lowest BCUT2D eigenvalue weighted by Gasteiger charge is -2.24. The number of nitrogens with two attached hydrogens (primary N) is 1. The van der Waals surface area contributed by atoms with Gasteiger partial charge in [0.2, 0.25) is 11.8 Å². The van der Waals surface area contributed by atoms with E-state index in [4.69, 9.17) is 15.2 Å². The summed E-state index contributed by atoms with van der Waals surface area (Å²) in [6, 6.07) is 5.19. The first kappa shape index (κ1) is 17.4. The number of rotatable bonds is 4. The summed E-state index contributed by atoms with van der Waals surface area (Å²) < 4.78 is 39.0. The molecule has 0 radical (unpaired) electrons. The van der Waals surface area contributed by atoms with Crippen molar-refractivity contribution in [3.8, 4) is 11.9 Å². The van der Waals surface area contributed by atoms with Crippen LogP contribution in [0.2, 0.25) is 0 Å². The predicted molar refractivity (Wildman–Crippen MR) is 84.6 cm³/mol. The minimum absolute atomic E-state index is 0.0477. The van der Waals surface area contributed by atoms with Crippen LogP contribution in [-0.2, 0) is 16.0 Å². The number of carbonyl (C=O) groups is 1. The molecule has 1 aliphatic heterocycles. The number of esters is 1. The zero-order valence-corrected chi connectivity index (χ0v) is 13.7. The van der Waals surface area contributed by atoms with Crippen LogP contribution in [0.5, 0.6) is 5.88 Å². The number of nitrogens with one attached hydrogen (secondary N) is 1. The van der Waals surface area contributed by atoms with Crippen molar-refractivity contribution in [1.29, 1.82) is 5.26 Å². The maximum atomic E-state index is 14.4. The van der Waals surface area contributed by atoms with E-state index >= 15 is 0 Å². The number of halogens is 2. The number of fused-ring (bicyclic) bond motifs is 1. The number of ether oxygens (including phenoxy) is 2. The van der Waals surface area contributed by atoms with Crippen molar-refractivity contribution in [1.82, 2.24) is 10.2 Å². The highest BCUT2D eigenvalue weighted by atomic mass is 19.1. The van der Waals surface area contributed by atoms with Gasteiger partial charge in [-0.25, -0.2) is 8.78 Å². The Morgan fingerprint density at radius 1 is 1.42 bits per heavy atom. The van der Waals surface area contributed by atoms with Gasteiger partial charge in [0.05, 0.1) is 30.2 Å². The quantitative estimate of drug-likeness (QED) is 0.806. The van der Waals surface area contributed by atoms with E-state index in [0.29, 0.717) is 0 Å². The molecule has 0 spiro atoms. The van der Waals surface area contributed by atoms with Crippen LogP contribution in [0.25, 0.3) is 0 Å². The van der Waals surface area contributed by atoms with Gasteiger partial charge in [-0.15, -0.1) is 5.10 Å². The molecule has 9 heteroatoms. The van der Waals surface area contributed by atoms with Crippen molar-refractivity contribution in [3.63, 3.8) is 0 Å². The summed E-state index contributed by atoms with van der Waals surface area (Å²) in [5.41, 5.74) is 5.59. The zero-order chi connectivity index (χ0) is 18.8. The van der Waals surface area contributed by atoms with E-state index in [-0.39, 0.29) is 47.2 Å². The Morgan fingerprint density at radius 3 is 2.73 bits per heavy atom. The van der Waals surface area contributed by atoms with Crippen molar-refractivity contribution in [2.24, 2.45) is 5.73 Å². The molecule has 1 aromatic heterocycles. The molecule has 1 aliphatic rings. The lowest BCUT2D eigenvalue weighted by Crippen LogP contribution is -2.23. The van der Waals surface area contributed by atoms with Gasteiger partial charge < -0.3 is 15.2 Å². The fraction of sp³-hybridized carbons (Fsp3) is 0.235. The maximum Gasteiger partial charge on any atom is 0.311 e. The van der Waals surface area contributed by atoms with E-state index in [1.165, 1.54) is 6.07 Å². The van der Waals surface area contributed by atoms with E-state index in [1.54, 1.807) is 6.92 Å². The largest absolute Gasteiger partial charge is 0.466 e. The summed E-state index contributed by atoms with van der Waals surface area (Å²) >= 11 is 0. The number of hydrogen-bond acceptors (Lipinski definition) is 6. The SMILES string of the molecule is CCOC(=O)Cc1[nH]nc2c1C(c1c(F)cccc1F)C(C#N)=C(N)O2. The number of hydrogen-bond donors (Lipinski definition) is 2. The van der Waals surface area contributed by atoms with Gasteiger partial charge in [-0.05, 0) is 19.1 Å². The average Bonchev–Trinajstić information content (AvgIpc) is 2.96. The first-order valence-corrected chi connectivity index (χ1v) is 7.72. The van der Waals surface area contributed by atoms with Crippen LogP contribution in [0.15, 0.2) is 29.7 Å².